The van der Waals surface area contributed by atoms with E-state index in [1.807, 2.05) is 12.1 Å². The Labute approximate surface area is 121 Å². The van der Waals surface area contributed by atoms with Gasteiger partial charge in [0.2, 0.25) is 0 Å². The molecule has 1 fully saturated rings. The first-order valence-electron chi connectivity index (χ1n) is 7.61. The van der Waals surface area contributed by atoms with E-state index in [1.165, 1.54) is 48.8 Å². The van der Waals surface area contributed by atoms with Crippen LogP contribution in [0.3, 0.4) is 0 Å². The summed E-state index contributed by atoms with van der Waals surface area (Å²) in [5.74, 6) is 1.70. The van der Waals surface area contributed by atoms with Crippen LogP contribution in [0, 0.1) is 0 Å². The van der Waals surface area contributed by atoms with E-state index in [4.69, 9.17) is 4.74 Å². The minimum Gasteiger partial charge on any atom is -0.497 e. The third kappa shape index (κ3) is 2.87. The molecule has 1 aliphatic rings. The highest BCUT2D eigenvalue weighted by atomic mass is 16.5. The maximum Gasteiger partial charge on any atom is 0.119 e. The Morgan fingerprint density at radius 2 is 1.60 bits per heavy atom. The van der Waals surface area contributed by atoms with Crippen molar-refractivity contribution in [2.24, 2.45) is 0 Å². The summed E-state index contributed by atoms with van der Waals surface area (Å²) in [6, 6.07) is 17.4. The molecule has 0 aliphatic heterocycles. The summed E-state index contributed by atoms with van der Waals surface area (Å²) in [7, 11) is 1.71. The molecular weight excluding hydrogens is 244 g/mol. The topological polar surface area (TPSA) is 9.23 Å². The molecule has 1 aliphatic carbocycles. The number of ether oxygens (including phenoxy) is 1. The van der Waals surface area contributed by atoms with Crippen molar-refractivity contribution in [2.45, 2.75) is 38.0 Å². The zero-order valence-corrected chi connectivity index (χ0v) is 12.1. The molecule has 1 nitrogen and oxygen atoms in total. The van der Waals surface area contributed by atoms with E-state index in [2.05, 4.69) is 36.4 Å². The molecule has 0 aromatic heterocycles. The first-order chi connectivity index (χ1) is 9.86. The Hall–Kier alpha value is -1.76. The van der Waals surface area contributed by atoms with Crippen LogP contribution in [0.15, 0.2) is 48.5 Å². The fraction of sp³-hybridized carbons (Fsp3) is 0.368. The average Bonchev–Trinajstić information content (AvgIpc) is 2.56. The Morgan fingerprint density at radius 1 is 0.850 bits per heavy atom. The summed E-state index contributed by atoms with van der Waals surface area (Å²) in [6.07, 6.45) is 6.92. The summed E-state index contributed by atoms with van der Waals surface area (Å²) < 4.78 is 5.30. The van der Waals surface area contributed by atoms with Crippen LogP contribution < -0.4 is 4.74 Å². The van der Waals surface area contributed by atoms with Crippen LogP contribution in [0.5, 0.6) is 5.75 Å². The fourth-order valence-electron chi connectivity index (χ4n) is 3.19. The first-order valence-corrected chi connectivity index (χ1v) is 7.61. The van der Waals surface area contributed by atoms with Crippen LogP contribution in [0.25, 0.3) is 11.1 Å². The van der Waals surface area contributed by atoms with Crippen LogP contribution in [0.4, 0.5) is 0 Å². The lowest BCUT2D eigenvalue weighted by Crippen LogP contribution is -2.04. The molecule has 1 saturated carbocycles. The van der Waals surface area contributed by atoms with Crippen LogP contribution in [-0.2, 0) is 0 Å². The van der Waals surface area contributed by atoms with E-state index in [9.17, 15) is 0 Å². The van der Waals surface area contributed by atoms with Gasteiger partial charge in [-0.2, -0.15) is 0 Å². The smallest absolute Gasteiger partial charge is 0.119 e. The molecule has 0 spiro atoms. The van der Waals surface area contributed by atoms with Crippen molar-refractivity contribution in [3.05, 3.63) is 54.1 Å². The summed E-state index contributed by atoms with van der Waals surface area (Å²) in [6.45, 7) is 0. The van der Waals surface area contributed by atoms with Crippen LogP contribution in [-0.4, -0.2) is 7.11 Å². The van der Waals surface area contributed by atoms with Crippen molar-refractivity contribution in [1.82, 2.24) is 0 Å². The van der Waals surface area contributed by atoms with Gasteiger partial charge in [0, 0.05) is 0 Å². The van der Waals surface area contributed by atoms with Gasteiger partial charge < -0.3 is 4.74 Å². The highest BCUT2D eigenvalue weighted by Crippen LogP contribution is 2.33. The lowest BCUT2D eigenvalue weighted by Gasteiger charge is -2.22. The standard InChI is InChI=1S/C19H22O/c1-20-19-9-5-8-18(14-19)17-12-10-16(11-13-17)15-6-3-2-4-7-15/h5,8-15H,2-4,6-7H2,1H3. The monoisotopic (exact) mass is 266 g/mol. The minimum atomic E-state index is 0.781. The van der Waals surface area contributed by atoms with Gasteiger partial charge in [0.05, 0.1) is 7.11 Å². The zero-order chi connectivity index (χ0) is 13.8. The number of methoxy groups -OCH3 is 1. The molecule has 104 valence electrons. The molecule has 0 amide bonds. The molecule has 3 rings (SSSR count). The molecule has 20 heavy (non-hydrogen) atoms. The Morgan fingerprint density at radius 3 is 2.30 bits per heavy atom. The van der Waals surface area contributed by atoms with E-state index in [0.717, 1.165) is 11.7 Å². The van der Waals surface area contributed by atoms with Crippen molar-refractivity contribution in [1.29, 1.82) is 0 Å². The van der Waals surface area contributed by atoms with Gasteiger partial charge in [-0.3, -0.25) is 0 Å². The molecule has 2 aromatic rings. The highest BCUT2D eigenvalue weighted by Gasteiger charge is 2.15. The lowest BCUT2D eigenvalue weighted by molar-refractivity contribution is 0.415. The van der Waals surface area contributed by atoms with Crippen molar-refractivity contribution < 1.29 is 4.74 Å². The number of rotatable bonds is 3. The van der Waals surface area contributed by atoms with Gasteiger partial charge in [-0.1, -0.05) is 55.7 Å². The molecule has 0 radical (unpaired) electrons. The minimum absolute atomic E-state index is 0.781. The van der Waals surface area contributed by atoms with Crippen LogP contribution in [0.1, 0.15) is 43.6 Å². The summed E-state index contributed by atoms with van der Waals surface area (Å²) in [5, 5.41) is 0. The maximum atomic E-state index is 5.30. The second-order valence-corrected chi connectivity index (χ2v) is 5.69. The van der Waals surface area contributed by atoms with Gasteiger partial charge in [0.15, 0.2) is 0 Å². The van der Waals surface area contributed by atoms with E-state index in [0.29, 0.717) is 0 Å². The van der Waals surface area contributed by atoms with Crippen molar-refractivity contribution in [2.75, 3.05) is 7.11 Å². The van der Waals surface area contributed by atoms with E-state index < -0.39 is 0 Å². The van der Waals surface area contributed by atoms with Crippen molar-refractivity contribution in [3.8, 4) is 16.9 Å². The van der Waals surface area contributed by atoms with Gasteiger partial charge in [-0.25, -0.2) is 0 Å². The number of hydrogen-bond acceptors (Lipinski definition) is 1. The second-order valence-electron chi connectivity index (χ2n) is 5.69. The molecule has 0 bridgehead atoms. The number of hydrogen-bond donors (Lipinski definition) is 0. The third-order valence-corrected chi connectivity index (χ3v) is 4.39. The van der Waals surface area contributed by atoms with E-state index in [-0.39, 0.29) is 0 Å². The highest BCUT2D eigenvalue weighted by molar-refractivity contribution is 5.65. The second kappa shape index (κ2) is 6.13. The molecule has 0 atom stereocenters. The predicted molar refractivity (Wildman–Crippen MR) is 84.3 cm³/mol. The first kappa shape index (κ1) is 13.2. The molecule has 0 heterocycles. The summed E-state index contributed by atoms with van der Waals surface area (Å²) in [5.41, 5.74) is 4.00. The summed E-state index contributed by atoms with van der Waals surface area (Å²) in [4.78, 5) is 0. The molecule has 0 unspecified atom stereocenters. The average molecular weight is 266 g/mol. The van der Waals surface area contributed by atoms with Gasteiger partial charge in [0.25, 0.3) is 0 Å². The van der Waals surface area contributed by atoms with Crippen LogP contribution >= 0.6 is 0 Å². The van der Waals surface area contributed by atoms with Crippen LogP contribution in [0.2, 0.25) is 0 Å². The SMILES string of the molecule is COc1cccc(-c2ccc(C3CCCCC3)cc2)c1. The van der Waals surface area contributed by atoms with E-state index in [1.54, 1.807) is 7.11 Å². The third-order valence-electron chi connectivity index (χ3n) is 4.39. The maximum absolute atomic E-state index is 5.30. The predicted octanol–water partition coefficient (Wildman–Crippen LogP) is 5.41. The quantitative estimate of drug-likeness (QED) is 0.721. The molecule has 0 N–H and O–H groups in total. The fourth-order valence-corrected chi connectivity index (χ4v) is 3.19. The normalized spacial score (nSPS) is 16.1. The lowest BCUT2D eigenvalue weighted by atomic mass is 9.84. The number of benzene rings is 2. The Balaban J connectivity index is 1.81. The Bertz CT molecular complexity index is 550. The van der Waals surface area contributed by atoms with Gasteiger partial charge in [-0.05, 0) is 47.6 Å². The molecule has 2 aromatic carbocycles. The molecule has 0 saturated heterocycles. The van der Waals surface area contributed by atoms with Crippen molar-refractivity contribution >= 4 is 0 Å². The zero-order valence-electron chi connectivity index (χ0n) is 12.1. The molecule has 1 heteroatoms. The van der Waals surface area contributed by atoms with Gasteiger partial charge in [0.1, 0.15) is 5.75 Å². The summed E-state index contributed by atoms with van der Waals surface area (Å²) >= 11 is 0. The van der Waals surface area contributed by atoms with Gasteiger partial charge in [-0.15, -0.1) is 0 Å². The largest absolute Gasteiger partial charge is 0.497 e. The van der Waals surface area contributed by atoms with E-state index >= 15 is 0 Å². The Kier molecular flexibility index (Phi) is 4.05. The van der Waals surface area contributed by atoms with Crippen molar-refractivity contribution in [3.63, 3.8) is 0 Å². The van der Waals surface area contributed by atoms with Gasteiger partial charge >= 0.3 is 0 Å². The molecular formula is C19H22O.